The van der Waals surface area contributed by atoms with Gasteiger partial charge in [0.1, 0.15) is 0 Å². The number of halogens is 3. The van der Waals surface area contributed by atoms with Gasteiger partial charge in [-0.05, 0) is 31.0 Å². The van der Waals surface area contributed by atoms with Crippen LogP contribution < -0.4 is 9.47 Å². The first-order valence-electron chi connectivity index (χ1n) is 5.81. The summed E-state index contributed by atoms with van der Waals surface area (Å²) in [6.45, 7) is 1.24. The summed E-state index contributed by atoms with van der Waals surface area (Å²) in [6, 6.07) is 4.69. The van der Waals surface area contributed by atoms with Crippen molar-refractivity contribution in [3.63, 3.8) is 0 Å². The van der Waals surface area contributed by atoms with Gasteiger partial charge in [-0.3, -0.25) is 4.18 Å². The molecule has 0 amide bonds. The number of methoxy groups -OCH3 is 2. The smallest absolute Gasteiger partial charge is 0.493 e. The number of hydrogen-bond acceptors (Lipinski definition) is 5. The van der Waals surface area contributed by atoms with Crippen LogP contribution in [-0.4, -0.2) is 34.2 Å². The Labute approximate surface area is 120 Å². The van der Waals surface area contributed by atoms with Crippen LogP contribution in [0.4, 0.5) is 13.2 Å². The molecule has 0 N–H and O–H groups in total. The van der Waals surface area contributed by atoms with E-state index in [0.717, 1.165) is 0 Å². The molecule has 0 aromatic heterocycles. The molecular weight excluding hydrogens is 313 g/mol. The SMILES string of the molecule is COc1ccc(CC(C)OS(=O)(=O)C(F)(F)F)cc1OC. The zero-order valence-electron chi connectivity index (χ0n) is 11.6. The van der Waals surface area contributed by atoms with Gasteiger partial charge in [0.25, 0.3) is 0 Å². The van der Waals surface area contributed by atoms with Gasteiger partial charge in [0.15, 0.2) is 11.5 Å². The van der Waals surface area contributed by atoms with Crippen LogP contribution in [0.5, 0.6) is 11.5 Å². The fraction of sp³-hybridized carbons (Fsp3) is 0.500. The molecule has 21 heavy (non-hydrogen) atoms. The number of rotatable bonds is 6. The quantitative estimate of drug-likeness (QED) is 0.593. The van der Waals surface area contributed by atoms with Gasteiger partial charge in [0, 0.05) is 0 Å². The molecule has 5 nitrogen and oxygen atoms in total. The van der Waals surface area contributed by atoms with E-state index in [1.54, 1.807) is 18.2 Å². The van der Waals surface area contributed by atoms with Crippen LogP contribution in [0.2, 0.25) is 0 Å². The predicted molar refractivity (Wildman–Crippen MR) is 68.8 cm³/mol. The number of benzene rings is 1. The highest BCUT2D eigenvalue weighted by Gasteiger charge is 2.48. The van der Waals surface area contributed by atoms with Crippen molar-refractivity contribution in [2.75, 3.05) is 14.2 Å². The van der Waals surface area contributed by atoms with Crippen molar-refractivity contribution in [2.45, 2.75) is 25.0 Å². The minimum absolute atomic E-state index is 0.0321. The van der Waals surface area contributed by atoms with Crippen molar-refractivity contribution in [1.29, 1.82) is 0 Å². The Hall–Kier alpha value is -1.48. The minimum Gasteiger partial charge on any atom is -0.493 e. The summed E-state index contributed by atoms with van der Waals surface area (Å²) in [4.78, 5) is 0. The largest absolute Gasteiger partial charge is 0.523 e. The zero-order chi connectivity index (χ0) is 16.3. The molecule has 0 saturated carbocycles. The summed E-state index contributed by atoms with van der Waals surface area (Å²) in [7, 11) is -2.75. The normalized spacial score (nSPS) is 13.8. The molecule has 1 aromatic rings. The standard InChI is InChI=1S/C12H15F3O5S/c1-8(20-21(16,17)12(13,14)15)6-9-4-5-10(18-2)11(7-9)19-3/h4-5,7-8H,6H2,1-3H3. The van der Waals surface area contributed by atoms with Crippen LogP contribution in [-0.2, 0) is 20.7 Å². The van der Waals surface area contributed by atoms with Crippen LogP contribution >= 0.6 is 0 Å². The molecule has 0 heterocycles. The monoisotopic (exact) mass is 328 g/mol. The van der Waals surface area contributed by atoms with Crippen molar-refractivity contribution >= 4 is 10.1 Å². The maximum absolute atomic E-state index is 12.2. The molecule has 0 aliphatic rings. The average molecular weight is 328 g/mol. The molecule has 0 radical (unpaired) electrons. The topological polar surface area (TPSA) is 61.8 Å². The Balaban J connectivity index is 2.83. The molecule has 1 rings (SSSR count). The summed E-state index contributed by atoms with van der Waals surface area (Å²) in [5.41, 5.74) is -4.88. The Bertz CT molecular complexity index is 583. The second-order valence-electron chi connectivity index (χ2n) is 4.20. The van der Waals surface area contributed by atoms with E-state index in [4.69, 9.17) is 9.47 Å². The molecule has 0 spiro atoms. The predicted octanol–water partition coefficient (Wildman–Crippen LogP) is 2.50. The first kappa shape index (κ1) is 17.6. The van der Waals surface area contributed by atoms with Crippen molar-refractivity contribution in [2.24, 2.45) is 0 Å². The maximum atomic E-state index is 12.2. The molecular formula is C12H15F3O5S. The molecule has 0 fully saturated rings. The van der Waals surface area contributed by atoms with Gasteiger partial charge in [-0.1, -0.05) is 6.07 Å². The summed E-state index contributed by atoms with van der Waals surface area (Å²) in [5.74, 6) is 0.846. The van der Waals surface area contributed by atoms with E-state index in [9.17, 15) is 21.6 Å². The van der Waals surface area contributed by atoms with E-state index in [1.807, 2.05) is 0 Å². The van der Waals surface area contributed by atoms with E-state index in [-0.39, 0.29) is 6.42 Å². The summed E-state index contributed by atoms with van der Waals surface area (Å²) < 4.78 is 72.6. The molecule has 0 aliphatic carbocycles. The third-order valence-corrected chi connectivity index (χ3v) is 3.69. The molecule has 0 bridgehead atoms. The van der Waals surface area contributed by atoms with Crippen LogP contribution in [0.25, 0.3) is 0 Å². The average Bonchev–Trinajstić information content (AvgIpc) is 2.36. The van der Waals surface area contributed by atoms with Crippen molar-refractivity contribution in [1.82, 2.24) is 0 Å². The maximum Gasteiger partial charge on any atom is 0.523 e. The molecule has 120 valence electrons. The lowest BCUT2D eigenvalue weighted by Crippen LogP contribution is -2.29. The van der Waals surface area contributed by atoms with E-state index in [0.29, 0.717) is 17.1 Å². The zero-order valence-corrected chi connectivity index (χ0v) is 12.4. The molecule has 1 atom stereocenters. The highest BCUT2D eigenvalue weighted by molar-refractivity contribution is 7.87. The highest BCUT2D eigenvalue weighted by Crippen LogP contribution is 2.29. The van der Waals surface area contributed by atoms with Crippen LogP contribution in [0.1, 0.15) is 12.5 Å². The first-order valence-corrected chi connectivity index (χ1v) is 7.22. The van der Waals surface area contributed by atoms with Gasteiger partial charge in [0.2, 0.25) is 0 Å². The Kier molecular flexibility index (Phi) is 5.46. The summed E-state index contributed by atoms with van der Waals surface area (Å²) >= 11 is 0. The van der Waals surface area contributed by atoms with E-state index in [1.165, 1.54) is 21.1 Å². The number of ether oxygens (including phenoxy) is 2. The van der Waals surface area contributed by atoms with Gasteiger partial charge < -0.3 is 9.47 Å². The van der Waals surface area contributed by atoms with Gasteiger partial charge in [-0.25, -0.2) is 0 Å². The van der Waals surface area contributed by atoms with Crippen molar-refractivity contribution in [3.05, 3.63) is 23.8 Å². The van der Waals surface area contributed by atoms with Gasteiger partial charge in [0.05, 0.1) is 20.3 Å². The van der Waals surface area contributed by atoms with E-state index < -0.39 is 21.7 Å². The van der Waals surface area contributed by atoms with E-state index in [2.05, 4.69) is 4.18 Å². The number of alkyl halides is 3. The first-order chi connectivity index (χ1) is 9.60. The van der Waals surface area contributed by atoms with Crippen LogP contribution in [0, 0.1) is 0 Å². The van der Waals surface area contributed by atoms with Crippen LogP contribution in [0.15, 0.2) is 18.2 Å². The Morgan fingerprint density at radius 3 is 2.19 bits per heavy atom. The minimum atomic E-state index is -5.60. The Morgan fingerprint density at radius 2 is 1.71 bits per heavy atom. The van der Waals surface area contributed by atoms with Crippen molar-refractivity contribution in [3.8, 4) is 11.5 Å². The molecule has 1 unspecified atom stereocenters. The second-order valence-corrected chi connectivity index (χ2v) is 5.76. The Morgan fingerprint density at radius 1 is 1.14 bits per heavy atom. The summed E-state index contributed by atoms with van der Waals surface area (Å²) in [6.07, 6.45) is -1.20. The molecule has 0 saturated heterocycles. The lowest BCUT2D eigenvalue weighted by molar-refractivity contribution is -0.0567. The van der Waals surface area contributed by atoms with E-state index >= 15 is 0 Å². The van der Waals surface area contributed by atoms with Gasteiger partial charge in [-0.2, -0.15) is 21.6 Å². The van der Waals surface area contributed by atoms with Gasteiger partial charge >= 0.3 is 15.6 Å². The third kappa shape index (κ3) is 4.50. The fourth-order valence-electron chi connectivity index (χ4n) is 1.64. The lowest BCUT2D eigenvalue weighted by atomic mass is 10.1. The lowest BCUT2D eigenvalue weighted by Gasteiger charge is -2.15. The molecule has 0 aliphatic heterocycles. The van der Waals surface area contributed by atoms with Crippen LogP contribution in [0.3, 0.4) is 0 Å². The second kappa shape index (κ2) is 6.52. The molecule has 1 aromatic carbocycles. The van der Waals surface area contributed by atoms with Gasteiger partial charge in [-0.15, -0.1) is 0 Å². The highest BCUT2D eigenvalue weighted by atomic mass is 32.2. The fourth-order valence-corrected chi connectivity index (χ4v) is 2.25. The molecule has 9 heteroatoms. The third-order valence-electron chi connectivity index (χ3n) is 2.55. The number of hydrogen-bond donors (Lipinski definition) is 0. The van der Waals surface area contributed by atoms with Crippen molar-refractivity contribution < 1.29 is 35.2 Å². The summed E-state index contributed by atoms with van der Waals surface area (Å²) in [5, 5.41) is 0.